The lowest BCUT2D eigenvalue weighted by atomic mass is 9.69. The third kappa shape index (κ3) is 5.79. The molecule has 0 bridgehead atoms. The Hall–Kier alpha value is -3.01. The summed E-state index contributed by atoms with van der Waals surface area (Å²) in [7, 11) is 0. The van der Waals surface area contributed by atoms with Gasteiger partial charge in [0.15, 0.2) is 0 Å². The summed E-state index contributed by atoms with van der Waals surface area (Å²) in [5.74, 6) is 0. The van der Waals surface area contributed by atoms with Crippen molar-refractivity contribution in [1.29, 1.82) is 0 Å². The molecule has 0 aliphatic carbocycles. The lowest BCUT2D eigenvalue weighted by molar-refractivity contribution is -0.107. The minimum Gasteiger partial charge on any atom is -0.386 e. The molecule has 0 spiro atoms. The maximum atomic E-state index is 10.9. The molecule has 3 nitrogen and oxygen atoms in total. The van der Waals surface area contributed by atoms with Crippen molar-refractivity contribution in [2.24, 2.45) is 0 Å². The van der Waals surface area contributed by atoms with Crippen molar-refractivity contribution in [2.75, 3.05) is 13.1 Å². The molecule has 0 aromatic heterocycles. The van der Waals surface area contributed by atoms with Gasteiger partial charge in [-0.1, -0.05) is 86.7 Å². The zero-order valence-corrected chi connectivity index (χ0v) is 22.8. The lowest BCUT2D eigenvalue weighted by Crippen LogP contribution is -2.40. The number of benzene rings is 3. The summed E-state index contributed by atoms with van der Waals surface area (Å²) >= 11 is 0. The van der Waals surface area contributed by atoms with Gasteiger partial charge in [0.1, 0.15) is 6.29 Å². The van der Waals surface area contributed by atoms with Crippen LogP contribution in [-0.2, 0) is 16.6 Å². The zero-order valence-electron chi connectivity index (χ0n) is 22.8. The van der Waals surface area contributed by atoms with Crippen molar-refractivity contribution < 1.29 is 9.90 Å². The van der Waals surface area contributed by atoms with Crippen LogP contribution in [0.15, 0.2) is 66.7 Å². The molecule has 2 N–H and O–H groups in total. The van der Waals surface area contributed by atoms with Crippen LogP contribution in [-0.4, -0.2) is 30.1 Å². The molecular formula is C34H41NO2. The highest BCUT2D eigenvalue weighted by atomic mass is 16.3. The molecule has 3 aromatic rings. The molecule has 1 fully saturated rings. The number of piperidine rings is 1. The van der Waals surface area contributed by atoms with Crippen molar-refractivity contribution in [2.45, 2.75) is 70.8 Å². The van der Waals surface area contributed by atoms with Crippen molar-refractivity contribution >= 4 is 12.4 Å². The average molecular weight is 496 g/mol. The Morgan fingerprint density at radius 1 is 0.892 bits per heavy atom. The van der Waals surface area contributed by atoms with Crippen LogP contribution in [0.2, 0.25) is 0 Å². The van der Waals surface area contributed by atoms with E-state index in [1.807, 2.05) is 18.2 Å². The topological polar surface area (TPSA) is 49.3 Å². The molecule has 0 saturated carbocycles. The lowest BCUT2D eigenvalue weighted by Gasteiger charge is -2.34. The van der Waals surface area contributed by atoms with Gasteiger partial charge in [-0.3, -0.25) is 0 Å². The van der Waals surface area contributed by atoms with Gasteiger partial charge in [-0.2, -0.15) is 0 Å². The van der Waals surface area contributed by atoms with E-state index in [-0.39, 0.29) is 5.41 Å². The van der Waals surface area contributed by atoms with Gasteiger partial charge in [0.2, 0.25) is 0 Å². The first-order valence-corrected chi connectivity index (χ1v) is 13.7. The monoisotopic (exact) mass is 495 g/mol. The van der Waals surface area contributed by atoms with Crippen LogP contribution in [0.25, 0.3) is 17.2 Å². The fraction of sp³-hybridized carbons (Fsp3) is 0.382. The van der Waals surface area contributed by atoms with Gasteiger partial charge in [-0.15, -0.1) is 0 Å². The minimum atomic E-state index is -0.707. The van der Waals surface area contributed by atoms with Crippen molar-refractivity contribution in [1.82, 2.24) is 5.32 Å². The Balaban J connectivity index is 1.64. The molecular weight excluding hydrogens is 454 g/mol. The van der Waals surface area contributed by atoms with Gasteiger partial charge in [-0.05, 0) is 97.1 Å². The highest BCUT2D eigenvalue weighted by molar-refractivity contribution is 5.69. The van der Waals surface area contributed by atoms with Crippen LogP contribution in [0.3, 0.4) is 0 Å². The number of carbonyl (C=O) groups is 1. The van der Waals surface area contributed by atoms with E-state index in [9.17, 15) is 9.90 Å². The van der Waals surface area contributed by atoms with E-state index in [4.69, 9.17) is 0 Å². The van der Waals surface area contributed by atoms with Gasteiger partial charge in [0.05, 0.1) is 5.60 Å². The van der Waals surface area contributed by atoms with Gasteiger partial charge < -0.3 is 15.2 Å². The van der Waals surface area contributed by atoms with E-state index in [1.54, 1.807) is 0 Å². The molecule has 3 aromatic carbocycles. The Labute approximate surface area is 222 Å². The summed E-state index contributed by atoms with van der Waals surface area (Å²) in [4.78, 5) is 10.8. The Morgan fingerprint density at radius 2 is 1.51 bits per heavy atom. The van der Waals surface area contributed by atoms with Crippen LogP contribution in [0, 0.1) is 13.8 Å². The highest BCUT2D eigenvalue weighted by Crippen LogP contribution is 2.41. The standard InChI is InChI=1S/C34H41NO2/c1-5-34(6-2,30-12-11-28(25(3)23-30)15-17-33(37)18-20-35-21-19-33)31-13-14-32(26(4)24-31)29-9-7-27(8-10-29)16-22-36/h7-15,17,22-24,35,37H,5-6,16,18-21H2,1-4H3/b17-15+. The third-order valence-electron chi connectivity index (χ3n) is 8.43. The molecule has 194 valence electrons. The maximum absolute atomic E-state index is 10.9. The Bertz CT molecular complexity index is 1250. The van der Waals surface area contributed by atoms with E-state index in [1.165, 1.54) is 38.9 Å². The van der Waals surface area contributed by atoms with Gasteiger partial charge in [0, 0.05) is 11.8 Å². The predicted molar refractivity (Wildman–Crippen MR) is 155 cm³/mol. The molecule has 1 heterocycles. The van der Waals surface area contributed by atoms with Gasteiger partial charge in [0.25, 0.3) is 0 Å². The van der Waals surface area contributed by atoms with Crippen molar-refractivity contribution in [3.05, 3.63) is 100 Å². The molecule has 0 atom stereocenters. The molecule has 1 aliphatic rings. The molecule has 1 aliphatic heterocycles. The highest BCUT2D eigenvalue weighted by Gasteiger charge is 2.31. The summed E-state index contributed by atoms with van der Waals surface area (Å²) < 4.78 is 0. The number of aldehydes is 1. The summed E-state index contributed by atoms with van der Waals surface area (Å²) in [5, 5.41) is 14.2. The third-order valence-corrected chi connectivity index (χ3v) is 8.43. The first-order chi connectivity index (χ1) is 17.8. The Morgan fingerprint density at radius 3 is 2.08 bits per heavy atom. The maximum Gasteiger partial charge on any atom is 0.124 e. The summed E-state index contributed by atoms with van der Waals surface area (Å²) in [6, 6.07) is 22.1. The predicted octanol–water partition coefficient (Wildman–Crippen LogP) is 6.95. The molecule has 0 amide bonds. The van der Waals surface area contributed by atoms with Crippen molar-refractivity contribution in [3.63, 3.8) is 0 Å². The fourth-order valence-electron chi connectivity index (χ4n) is 5.87. The van der Waals surface area contributed by atoms with Crippen LogP contribution in [0.5, 0.6) is 0 Å². The molecule has 3 heteroatoms. The fourth-order valence-corrected chi connectivity index (χ4v) is 5.87. The first-order valence-electron chi connectivity index (χ1n) is 13.7. The van der Waals surface area contributed by atoms with E-state index in [2.05, 4.69) is 87.6 Å². The quantitative estimate of drug-likeness (QED) is 0.316. The number of carbonyl (C=O) groups excluding carboxylic acids is 1. The number of hydrogen-bond donors (Lipinski definition) is 2. The number of nitrogens with one attached hydrogen (secondary N) is 1. The summed E-state index contributed by atoms with van der Waals surface area (Å²) in [6.07, 6.45) is 9.06. The smallest absolute Gasteiger partial charge is 0.124 e. The van der Waals surface area contributed by atoms with Crippen LogP contribution >= 0.6 is 0 Å². The Kier molecular flexibility index (Phi) is 8.46. The zero-order chi connectivity index (χ0) is 26.5. The number of rotatable bonds is 9. The summed E-state index contributed by atoms with van der Waals surface area (Å²) in [6.45, 7) is 10.7. The van der Waals surface area contributed by atoms with Crippen LogP contribution in [0.1, 0.15) is 72.9 Å². The number of aryl methyl sites for hydroxylation is 2. The summed E-state index contributed by atoms with van der Waals surface area (Å²) in [5.41, 5.74) is 9.05. The second-order valence-electron chi connectivity index (χ2n) is 10.6. The van der Waals surface area contributed by atoms with E-state index >= 15 is 0 Å². The number of aliphatic hydroxyl groups is 1. The molecule has 0 unspecified atom stereocenters. The van der Waals surface area contributed by atoms with Crippen LogP contribution in [0.4, 0.5) is 0 Å². The molecule has 1 saturated heterocycles. The van der Waals surface area contributed by atoms with Crippen LogP contribution < -0.4 is 5.32 Å². The SMILES string of the molecule is CCC(CC)(c1ccc(/C=C/C2(O)CCNCC2)c(C)c1)c1ccc(-c2ccc(CC=O)cc2)c(C)c1. The minimum absolute atomic E-state index is 0.0582. The second kappa shape index (κ2) is 11.6. The average Bonchev–Trinajstić information content (AvgIpc) is 2.90. The second-order valence-corrected chi connectivity index (χ2v) is 10.6. The van der Waals surface area contributed by atoms with E-state index in [0.29, 0.717) is 6.42 Å². The van der Waals surface area contributed by atoms with E-state index in [0.717, 1.165) is 50.6 Å². The van der Waals surface area contributed by atoms with Gasteiger partial charge in [-0.25, -0.2) is 0 Å². The van der Waals surface area contributed by atoms with Crippen molar-refractivity contribution in [3.8, 4) is 11.1 Å². The molecule has 37 heavy (non-hydrogen) atoms. The molecule has 4 rings (SSSR count). The molecule has 0 radical (unpaired) electrons. The van der Waals surface area contributed by atoms with E-state index < -0.39 is 5.60 Å². The normalized spacial score (nSPS) is 15.7. The first kappa shape index (κ1) is 27.0. The van der Waals surface area contributed by atoms with Gasteiger partial charge >= 0.3 is 0 Å². The number of hydrogen-bond acceptors (Lipinski definition) is 3. The largest absolute Gasteiger partial charge is 0.386 e.